The van der Waals surface area contributed by atoms with Crippen molar-refractivity contribution in [2.75, 3.05) is 9.80 Å². The summed E-state index contributed by atoms with van der Waals surface area (Å²) >= 11 is 0. The van der Waals surface area contributed by atoms with Crippen LogP contribution in [0.15, 0.2) is 231 Å². The van der Waals surface area contributed by atoms with Crippen LogP contribution in [-0.4, -0.2) is 16.1 Å². The Morgan fingerprint density at radius 3 is 1.19 bits per heavy atom. The Kier molecular flexibility index (Phi) is 8.91. The van der Waals surface area contributed by atoms with Gasteiger partial charge in [0.2, 0.25) is 0 Å². The van der Waals surface area contributed by atoms with Crippen LogP contribution in [0.5, 0.6) is 0 Å². The maximum Gasteiger partial charge on any atom is 0.187 e. The lowest BCUT2D eigenvalue weighted by molar-refractivity contribution is 1.25. The van der Waals surface area contributed by atoms with Crippen molar-refractivity contribution in [1.82, 2.24) is 0 Å². The molecule has 6 heteroatoms. The standard InChI is InChI=1S/C56H38N4Si2/c1-58-42-34-36-52-56(38-42)62(47-25-10-4-11-26-47,48-27-12-5-13-28-48)54-32-17-15-30-50(54)60(52)44-20-18-19-43(39-44)59-49-29-14-16-31-53(49)61(45-21-6-2-7-22-45,46-23-8-3-9-24-46)55-37-41(40-57)33-35-51(55)59/h2-39H. The van der Waals surface area contributed by atoms with E-state index in [1.54, 1.807) is 0 Å². The summed E-state index contributed by atoms with van der Waals surface area (Å²) in [7, 11) is -5.90. The van der Waals surface area contributed by atoms with E-state index >= 15 is 0 Å². The van der Waals surface area contributed by atoms with E-state index < -0.39 is 16.1 Å². The normalized spacial score (nSPS) is 14.0. The molecule has 4 nitrogen and oxygen atoms in total. The average molecular weight is 823 g/mol. The minimum atomic E-state index is -2.95. The smallest absolute Gasteiger partial charge is 0.187 e. The summed E-state index contributed by atoms with van der Waals surface area (Å²) in [5, 5.41) is 20.4. The number of fused-ring (bicyclic) bond motifs is 4. The van der Waals surface area contributed by atoms with Crippen LogP contribution in [0.4, 0.5) is 39.8 Å². The molecule has 62 heavy (non-hydrogen) atoms. The Bertz CT molecular complexity index is 2940. The molecule has 0 radical (unpaired) electrons. The summed E-state index contributed by atoms with van der Waals surface area (Å²) in [6, 6.07) is 85.3. The predicted octanol–water partition coefficient (Wildman–Crippen LogP) is 8.43. The van der Waals surface area contributed by atoms with Crippen LogP contribution in [0.3, 0.4) is 0 Å². The van der Waals surface area contributed by atoms with E-state index in [-0.39, 0.29) is 0 Å². The summed E-state index contributed by atoms with van der Waals surface area (Å²) < 4.78 is 0. The van der Waals surface area contributed by atoms with Gasteiger partial charge in [-0.2, -0.15) is 5.26 Å². The second-order valence-electron chi connectivity index (χ2n) is 15.8. The fourth-order valence-corrected chi connectivity index (χ4v) is 20.6. The minimum Gasteiger partial charge on any atom is -0.311 e. The van der Waals surface area contributed by atoms with E-state index in [1.807, 2.05) is 12.1 Å². The van der Waals surface area contributed by atoms with E-state index in [4.69, 9.17) is 6.57 Å². The van der Waals surface area contributed by atoms with Crippen LogP contribution >= 0.6 is 0 Å². The Labute approximate surface area is 364 Å². The second kappa shape index (κ2) is 14.9. The van der Waals surface area contributed by atoms with Crippen molar-refractivity contribution in [3.05, 3.63) is 248 Å². The van der Waals surface area contributed by atoms with Gasteiger partial charge in [-0.05, 0) is 96.1 Å². The lowest BCUT2D eigenvalue weighted by atomic mass is 10.1. The molecular weight excluding hydrogens is 785 g/mol. The van der Waals surface area contributed by atoms with Gasteiger partial charge in [0, 0.05) is 34.1 Å². The molecule has 0 saturated carbocycles. The molecule has 0 atom stereocenters. The molecule has 0 amide bonds. The molecule has 0 spiro atoms. The molecular formula is C56H38N4Si2. The first-order chi connectivity index (χ1) is 30.7. The van der Waals surface area contributed by atoms with Gasteiger partial charge < -0.3 is 9.80 Å². The predicted molar refractivity (Wildman–Crippen MR) is 261 cm³/mol. The summed E-state index contributed by atoms with van der Waals surface area (Å²) in [4.78, 5) is 8.81. The van der Waals surface area contributed by atoms with Gasteiger partial charge in [0.25, 0.3) is 0 Å². The van der Waals surface area contributed by atoms with Crippen LogP contribution in [0.2, 0.25) is 0 Å². The van der Waals surface area contributed by atoms with Crippen molar-refractivity contribution in [2.24, 2.45) is 0 Å². The zero-order valence-corrected chi connectivity index (χ0v) is 35.7. The Morgan fingerprint density at radius 2 is 0.758 bits per heavy atom. The highest BCUT2D eigenvalue weighted by atomic mass is 28.3. The fourth-order valence-electron chi connectivity index (χ4n) is 10.4. The highest BCUT2D eigenvalue weighted by Gasteiger charge is 2.50. The lowest BCUT2D eigenvalue weighted by Crippen LogP contribution is -2.77. The molecule has 2 aliphatic heterocycles. The third kappa shape index (κ3) is 5.42. The maximum atomic E-state index is 10.4. The zero-order valence-electron chi connectivity index (χ0n) is 33.7. The third-order valence-electron chi connectivity index (χ3n) is 12.8. The third-order valence-corrected chi connectivity index (χ3v) is 22.5. The van der Waals surface area contributed by atoms with Crippen molar-refractivity contribution in [3.63, 3.8) is 0 Å². The highest BCUT2D eigenvalue weighted by Crippen LogP contribution is 2.44. The monoisotopic (exact) mass is 822 g/mol. The maximum absolute atomic E-state index is 10.4. The lowest BCUT2D eigenvalue weighted by Gasteiger charge is -2.46. The SMILES string of the molecule is [C-]#[N+]c1ccc2c(c1)[Si](c1ccccc1)(c1ccccc1)c1ccccc1N2c1cccc(N2c3ccccc3[Si](c3ccccc3)(c3ccccc3)c3cc(C#N)ccc32)c1. The molecule has 0 bridgehead atoms. The number of nitrogens with zero attached hydrogens (tertiary/aromatic N) is 4. The van der Waals surface area contributed by atoms with Gasteiger partial charge in [0.05, 0.1) is 18.2 Å². The minimum absolute atomic E-state index is 0.628. The molecule has 9 aromatic carbocycles. The number of hydrogen-bond donors (Lipinski definition) is 0. The summed E-state index contributed by atoms with van der Waals surface area (Å²) in [6.07, 6.45) is 0. The van der Waals surface area contributed by atoms with Gasteiger partial charge >= 0.3 is 0 Å². The molecule has 11 rings (SSSR count). The van der Waals surface area contributed by atoms with Crippen LogP contribution in [0.1, 0.15) is 5.56 Å². The Balaban J connectivity index is 1.17. The molecule has 0 saturated heterocycles. The van der Waals surface area contributed by atoms with Crippen LogP contribution in [0, 0.1) is 17.9 Å². The van der Waals surface area contributed by atoms with Crippen LogP contribution in [0.25, 0.3) is 4.85 Å². The Hall–Kier alpha value is -8.01. The second-order valence-corrected chi connectivity index (χ2v) is 23.3. The first-order valence-corrected chi connectivity index (χ1v) is 24.9. The summed E-state index contributed by atoms with van der Waals surface area (Å²) in [5.41, 5.74) is 7.70. The summed E-state index contributed by atoms with van der Waals surface area (Å²) in [5.74, 6) is 0. The molecule has 2 aliphatic rings. The molecule has 0 fully saturated rings. The fraction of sp³-hybridized carbons (Fsp3) is 0. The number of rotatable bonds is 6. The van der Waals surface area contributed by atoms with Gasteiger partial charge in [0.1, 0.15) is 0 Å². The van der Waals surface area contributed by atoms with E-state index in [0.29, 0.717) is 11.3 Å². The number of hydrogen-bond acceptors (Lipinski definition) is 3. The van der Waals surface area contributed by atoms with Gasteiger partial charge in [-0.15, -0.1) is 0 Å². The molecule has 0 unspecified atom stereocenters. The number of anilines is 6. The van der Waals surface area contributed by atoms with Gasteiger partial charge in [-0.1, -0.05) is 176 Å². The molecule has 0 aliphatic carbocycles. The summed E-state index contributed by atoms with van der Waals surface area (Å²) in [6.45, 7) is 8.19. The Morgan fingerprint density at radius 1 is 0.371 bits per heavy atom. The van der Waals surface area contributed by atoms with E-state index in [1.165, 1.54) is 41.5 Å². The van der Waals surface area contributed by atoms with Crippen molar-refractivity contribution >= 4 is 97.5 Å². The van der Waals surface area contributed by atoms with Gasteiger partial charge in [0.15, 0.2) is 21.8 Å². The first kappa shape index (κ1) is 37.0. The molecule has 290 valence electrons. The van der Waals surface area contributed by atoms with Crippen molar-refractivity contribution in [2.45, 2.75) is 0 Å². The van der Waals surface area contributed by atoms with E-state index in [9.17, 15) is 5.26 Å². The first-order valence-electron chi connectivity index (χ1n) is 20.9. The number of benzene rings is 9. The van der Waals surface area contributed by atoms with Crippen molar-refractivity contribution < 1.29 is 0 Å². The average Bonchev–Trinajstić information content (AvgIpc) is 3.35. The number of para-hydroxylation sites is 2. The molecule has 9 aromatic rings. The molecule has 0 aromatic heterocycles. The topological polar surface area (TPSA) is 34.6 Å². The van der Waals surface area contributed by atoms with Crippen LogP contribution in [-0.2, 0) is 0 Å². The van der Waals surface area contributed by atoms with E-state index in [2.05, 4.69) is 239 Å². The molecule has 2 heterocycles. The number of nitriles is 1. The van der Waals surface area contributed by atoms with Crippen molar-refractivity contribution in [1.29, 1.82) is 5.26 Å². The van der Waals surface area contributed by atoms with E-state index in [0.717, 1.165) is 34.1 Å². The largest absolute Gasteiger partial charge is 0.311 e. The van der Waals surface area contributed by atoms with Gasteiger partial charge in [-0.25, -0.2) is 4.85 Å². The highest BCUT2D eigenvalue weighted by molar-refractivity contribution is 7.22. The molecule has 0 N–H and O–H groups in total. The quantitative estimate of drug-likeness (QED) is 0.125. The van der Waals surface area contributed by atoms with Crippen LogP contribution < -0.4 is 51.3 Å². The van der Waals surface area contributed by atoms with Crippen molar-refractivity contribution in [3.8, 4) is 6.07 Å². The van der Waals surface area contributed by atoms with Gasteiger partial charge in [-0.3, -0.25) is 0 Å². The zero-order chi connectivity index (χ0) is 41.7.